The molecule has 0 aromatic heterocycles. The smallest absolute Gasteiger partial charge is 0.233 e. The van der Waals surface area contributed by atoms with E-state index in [9.17, 15) is 9.90 Å². The molecule has 0 aliphatic heterocycles. The monoisotopic (exact) mass is 218 g/mol. The van der Waals surface area contributed by atoms with Gasteiger partial charge in [0.15, 0.2) is 0 Å². The average molecular weight is 218 g/mol. The van der Waals surface area contributed by atoms with Crippen LogP contribution >= 0.6 is 0 Å². The van der Waals surface area contributed by atoms with E-state index in [2.05, 4.69) is 10.6 Å². The van der Waals surface area contributed by atoms with E-state index in [-0.39, 0.29) is 12.5 Å². The van der Waals surface area contributed by atoms with Gasteiger partial charge in [0.2, 0.25) is 5.91 Å². The predicted molar refractivity (Wildman–Crippen MR) is 58.7 cm³/mol. The van der Waals surface area contributed by atoms with E-state index in [0.29, 0.717) is 19.7 Å². The topological polar surface area (TPSA) is 70.6 Å². The van der Waals surface area contributed by atoms with Gasteiger partial charge in [0, 0.05) is 26.8 Å². The third-order valence-corrected chi connectivity index (χ3v) is 1.69. The first-order chi connectivity index (χ1) is 6.95. The van der Waals surface area contributed by atoms with Crippen molar-refractivity contribution in [1.82, 2.24) is 10.6 Å². The molecule has 0 fully saturated rings. The second-order valence-corrected chi connectivity index (χ2v) is 4.11. The summed E-state index contributed by atoms with van der Waals surface area (Å²) in [7, 11) is 1.63. The first-order valence-corrected chi connectivity index (χ1v) is 5.14. The lowest BCUT2D eigenvalue weighted by atomic mass is 10.1. The van der Waals surface area contributed by atoms with Crippen molar-refractivity contribution in [3.63, 3.8) is 0 Å². The Balaban J connectivity index is 3.34. The van der Waals surface area contributed by atoms with E-state index in [1.807, 2.05) is 0 Å². The maximum atomic E-state index is 11.2. The van der Waals surface area contributed by atoms with E-state index in [4.69, 9.17) is 4.74 Å². The van der Waals surface area contributed by atoms with Crippen molar-refractivity contribution in [3.05, 3.63) is 0 Å². The summed E-state index contributed by atoms with van der Waals surface area (Å²) >= 11 is 0. The molecule has 0 aromatic rings. The van der Waals surface area contributed by atoms with Crippen LogP contribution in [0.1, 0.15) is 20.3 Å². The van der Waals surface area contributed by atoms with Crippen molar-refractivity contribution >= 4 is 5.91 Å². The average Bonchev–Trinajstić information content (AvgIpc) is 2.10. The molecule has 15 heavy (non-hydrogen) atoms. The van der Waals surface area contributed by atoms with Crippen molar-refractivity contribution < 1.29 is 14.6 Å². The lowest BCUT2D eigenvalue weighted by Gasteiger charge is -2.17. The number of carbonyl (C=O) groups excluding carboxylic acids is 1. The van der Waals surface area contributed by atoms with Crippen molar-refractivity contribution in [3.8, 4) is 0 Å². The molecule has 0 heterocycles. The van der Waals surface area contributed by atoms with Crippen LogP contribution in [0.25, 0.3) is 0 Å². The molecular weight excluding hydrogens is 196 g/mol. The zero-order valence-corrected chi connectivity index (χ0v) is 9.80. The molecule has 0 unspecified atom stereocenters. The lowest BCUT2D eigenvalue weighted by Crippen LogP contribution is -2.41. The molecule has 3 N–H and O–H groups in total. The van der Waals surface area contributed by atoms with Crippen LogP contribution in [0.4, 0.5) is 0 Å². The van der Waals surface area contributed by atoms with Gasteiger partial charge in [-0.15, -0.1) is 0 Å². The first-order valence-electron chi connectivity index (χ1n) is 5.14. The number of hydrogen-bond acceptors (Lipinski definition) is 4. The summed E-state index contributed by atoms with van der Waals surface area (Å²) in [5, 5.41) is 15.0. The van der Waals surface area contributed by atoms with Crippen LogP contribution in [0.2, 0.25) is 0 Å². The summed E-state index contributed by atoms with van der Waals surface area (Å²) in [6.07, 6.45) is 0.813. The van der Waals surface area contributed by atoms with Gasteiger partial charge >= 0.3 is 0 Å². The quantitative estimate of drug-likeness (QED) is 0.480. The van der Waals surface area contributed by atoms with Gasteiger partial charge in [-0.3, -0.25) is 4.79 Å². The predicted octanol–water partition coefficient (Wildman–Crippen LogP) is -0.500. The zero-order chi connectivity index (χ0) is 11.7. The highest BCUT2D eigenvalue weighted by molar-refractivity contribution is 5.77. The van der Waals surface area contributed by atoms with Gasteiger partial charge in [0.05, 0.1) is 12.1 Å². The number of rotatable bonds is 8. The number of aliphatic hydroxyl groups is 1. The van der Waals surface area contributed by atoms with Crippen LogP contribution in [0.15, 0.2) is 0 Å². The van der Waals surface area contributed by atoms with Gasteiger partial charge in [-0.1, -0.05) is 0 Å². The highest BCUT2D eigenvalue weighted by Crippen LogP contribution is 1.96. The Kier molecular flexibility index (Phi) is 7.29. The molecule has 90 valence electrons. The fraction of sp³-hybridized carbons (Fsp3) is 0.900. The van der Waals surface area contributed by atoms with Crippen molar-refractivity contribution in [2.24, 2.45) is 0 Å². The SMILES string of the molecule is COCCCNC(=O)CNCC(C)(C)O. The van der Waals surface area contributed by atoms with Crippen LogP contribution in [0, 0.1) is 0 Å². The summed E-state index contributed by atoms with van der Waals surface area (Å²) in [6, 6.07) is 0. The molecule has 0 radical (unpaired) electrons. The molecule has 0 atom stereocenters. The van der Waals surface area contributed by atoms with E-state index in [0.717, 1.165) is 6.42 Å². The number of hydrogen-bond donors (Lipinski definition) is 3. The third kappa shape index (κ3) is 11.3. The largest absolute Gasteiger partial charge is 0.389 e. The van der Waals surface area contributed by atoms with Crippen LogP contribution in [-0.2, 0) is 9.53 Å². The number of amides is 1. The third-order valence-electron chi connectivity index (χ3n) is 1.69. The Labute approximate surface area is 91.2 Å². The van der Waals surface area contributed by atoms with Crippen LogP contribution in [0.5, 0.6) is 0 Å². The lowest BCUT2D eigenvalue weighted by molar-refractivity contribution is -0.120. The summed E-state index contributed by atoms with van der Waals surface area (Å²) in [5.41, 5.74) is -0.781. The van der Waals surface area contributed by atoms with Crippen molar-refractivity contribution in [2.75, 3.05) is 33.4 Å². The Morgan fingerprint density at radius 3 is 2.67 bits per heavy atom. The minimum atomic E-state index is -0.781. The molecule has 0 saturated heterocycles. The van der Waals surface area contributed by atoms with Crippen LogP contribution in [-0.4, -0.2) is 50.0 Å². The fourth-order valence-corrected chi connectivity index (χ4v) is 0.989. The van der Waals surface area contributed by atoms with Gasteiger partial charge in [0.1, 0.15) is 0 Å². The molecular formula is C10H22N2O3. The number of ether oxygens (including phenoxy) is 1. The molecule has 0 aliphatic carbocycles. The molecule has 0 spiro atoms. The summed E-state index contributed by atoms with van der Waals surface area (Å²) in [5.74, 6) is -0.0599. The number of methoxy groups -OCH3 is 1. The fourth-order valence-electron chi connectivity index (χ4n) is 0.989. The molecule has 5 nitrogen and oxygen atoms in total. The highest BCUT2D eigenvalue weighted by Gasteiger charge is 2.11. The van der Waals surface area contributed by atoms with E-state index < -0.39 is 5.60 Å². The second-order valence-electron chi connectivity index (χ2n) is 4.11. The van der Waals surface area contributed by atoms with Crippen LogP contribution < -0.4 is 10.6 Å². The second kappa shape index (κ2) is 7.62. The van der Waals surface area contributed by atoms with E-state index in [1.54, 1.807) is 21.0 Å². The molecule has 0 rings (SSSR count). The zero-order valence-electron chi connectivity index (χ0n) is 9.80. The minimum absolute atomic E-state index is 0.0599. The normalized spacial score (nSPS) is 11.5. The first kappa shape index (κ1) is 14.3. The van der Waals surface area contributed by atoms with Gasteiger partial charge in [0.25, 0.3) is 0 Å². The summed E-state index contributed by atoms with van der Waals surface area (Å²) < 4.78 is 4.85. The highest BCUT2D eigenvalue weighted by atomic mass is 16.5. The Morgan fingerprint density at radius 2 is 2.13 bits per heavy atom. The molecule has 0 aromatic carbocycles. The standard InChI is InChI=1S/C10H22N2O3/c1-10(2,14)8-11-7-9(13)12-5-4-6-15-3/h11,14H,4-8H2,1-3H3,(H,12,13). The Bertz CT molecular complexity index is 178. The molecule has 0 saturated carbocycles. The van der Waals surface area contributed by atoms with Gasteiger partial charge in [-0.25, -0.2) is 0 Å². The van der Waals surface area contributed by atoms with Crippen molar-refractivity contribution in [2.45, 2.75) is 25.9 Å². The Morgan fingerprint density at radius 1 is 1.47 bits per heavy atom. The number of carbonyl (C=O) groups is 1. The maximum Gasteiger partial charge on any atom is 0.233 e. The summed E-state index contributed by atoms with van der Waals surface area (Å²) in [6.45, 7) is 5.29. The molecule has 1 amide bonds. The maximum absolute atomic E-state index is 11.2. The minimum Gasteiger partial charge on any atom is -0.389 e. The molecule has 0 aliphatic rings. The molecule has 5 heteroatoms. The van der Waals surface area contributed by atoms with E-state index in [1.165, 1.54) is 0 Å². The van der Waals surface area contributed by atoms with Gasteiger partial charge in [-0.2, -0.15) is 0 Å². The molecule has 0 bridgehead atoms. The van der Waals surface area contributed by atoms with Gasteiger partial charge in [-0.05, 0) is 20.3 Å². The van der Waals surface area contributed by atoms with E-state index >= 15 is 0 Å². The van der Waals surface area contributed by atoms with Crippen molar-refractivity contribution in [1.29, 1.82) is 0 Å². The summed E-state index contributed by atoms with van der Waals surface area (Å²) in [4.78, 5) is 11.2. The number of nitrogens with one attached hydrogen (secondary N) is 2. The van der Waals surface area contributed by atoms with Crippen LogP contribution in [0.3, 0.4) is 0 Å². The Hall–Kier alpha value is -0.650. The van der Waals surface area contributed by atoms with Gasteiger partial charge < -0.3 is 20.5 Å².